The van der Waals surface area contributed by atoms with Crippen LogP contribution in [0.25, 0.3) is 0 Å². The lowest BCUT2D eigenvalue weighted by molar-refractivity contribution is 0.0963. The summed E-state index contributed by atoms with van der Waals surface area (Å²) in [6.07, 6.45) is 1.17. The Morgan fingerprint density at radius 3 is 2.58 bits per heavy atom. The van der Waals surface area contributed by atoms with Crippen LogP contribution in [0.5, 0.6) is 0 Å². The van der Waals surface area contributed by atoms with Crippen LogP contribution in [0.15, 0.2) is 30.3 Å². The van der Waals surface area contributed by atoms with Gasteiger partial charge in [0.15, 0.2) is 0 Å². The van der Waals surface area contributed by atoms with E-state index in [0.29, 0.717) is 6.04 Å². The van der Waals surface area contributed by atoms with Crippen LogP contribution in [0, 0.1) is 0 Å². The van der Waals surface area contributed by atoms with Crippen LogP contribution < -0.4 is 5.73 Å². The third-order valence-electron chi connectivity index (χ3n) is 4.56. The van der Waals surface area contributed by atoms with Crippen molar-refractivity contribution >= 4 is 0 Å². The Morgan fingerprint density at radius 1 is 1.32 bits per heavy atom. The molecule has 3 heteroatoms. The van der Waals surface area contributed by atoms with Gasteiger partial charge in [0.05, 0.1) is 0 Å². The standard InChI is InChI=1S/C16H27N3/c1-14(2)18(3)16(12-17)9-10-19(13-16)11-15-7-5-4-6-8-15/h4-8,14H,9-13,17H2,1-3H3. The summed E-state index contributed by atoms with van der Waals surface area (Å²) < 4.78 is 0. The van der Waals surface area contributed by atoms with Crippen LogP contribution in [-0.4, -0.2) is 48.1 Å². The van der Waals surface area contributed by atoms with E-state index in [-0.39, 0.29) is 5.54 Å². The van der Waals surface area contributed by atoms with Crippen LogP contribution in [0.3, 0.4) is 0 Å². The molecule has 1 heterocycles. The molecule has 106 valence electrons. The largest absolute Gasteiger partial charge is 0.329 e. The summed E-state index contributed by atoms with van der Waals surface area (Å²) in [5.74, 6) is 0. The van der Waals surface area contributed by atoms with Gasteiger partial charge in [0, 0.05) is 37.8 Å². The lowest BCUT2D eigenvalue weighted by Gasteiger charge is -2.40. The Hall–Kier alpha value is -0.900. The minimum absolute atomic E-state index is 0.156. The molecule has 1 fully saturated rings. The van der Waals surface area contributed by atoms with Gasteiger partial charge in [0.1, 0.15) is 0 Å². The molecule has 0 radical (unpaired) electrons. The molecular weight excluding hydrogens is 234 g/mol. The first-order valence-electron chi connectivity index (χ1n) is 7.27. The van der Waals surface area contributed by atoms with Crippen LogP contribution in [0.1, 0.15) is 25.8 Å². The SMILES string of the molecule is CC(C)N(C)C1(CN)CCN(Cc2ccccc2)C1. The summed E-state index contributed by atoms with van der Waals surface area (Å²) in [6, 6.07) is 11.2. The number of likely N-dealkylation sites (N-methyl/N-ethyl adjacent to an activating group) is 1. The Kier molecular flexibility index (Phi) is 4.61. The Labute approximate surface area is 117 Å². The van der Waals surface area contributed by atoms with Crippen molar-refractivity contribution in [3.8, 4) is 0 Å². The molecular formula is C16H27N3. The maximum Gasteiger partial charge on any atom is 0.0470 e. The van der Waals surface area contributed by atoms with E-state index in [0.717, 1.165) is 26.2 Å². The van der Waals surface area contributed by atoms with Crippen molar-refractivity contribution in [1.82, 2.24) is 9.80 Å². The van der Waals surface area contributed by atoms with Crippen LogP contribution in [-0.2, 0) is 6.54 Å². The van der Waals surface area contributed by atoms with Crippen molar-refractivity contribution in [2.24, 2.45) is 5.73 Å². The normalized spacial score (nSPS) is 24.5. The number of hydrogen-bond donors (Lipinski definition) is 1. The summed E-state index contributed by atoms with van der Waals surface area (Å²) in [5.41, 5.74) is 7.64. The van der Waals surface area contributed by atoms with Crippen LogP contribution in [0.4, 0.5) is 0 Å². The quantitative estimate of drug-likeness (QED) is 0.879. The molecule has 1 aromatic carbocycles. The van der Waals surface area contributed by atoms with Gasteiger partial charge in [0.25, 0.3) is 0 Å². The molecule has 0 aromatic heterocycles. The first kappa shape index (κ1) is 14.5. The maximum atomic E-state index is 6.09. The van der Waals surface area contributed by atoms with Crippen LogP contribution >= 0.6 is 0 Å². The van der Waals surface area contributed by atoms with Gasteiger partial charge in [-0.2, -0.15) is 0 Å². The first-order chi connectivity index (χ1) is 9.07. The molecule has 0 saturated carbocycles. The Morgan fingerprint density at radius 2 is 2.00 bits per heavy atom. The third kappa shape index (κ3) is 3.16. The van der Waals surface area contributed by atoms with Crippen molar-refractivity contribution in [3.05, 3.63) is 35.9 Å². The molecule has 0 aliphatic carbocycles. The number of benzene rings is 1. The van der Waals surface area contributed by atoms with Crippen molar-refractivity contribution < 1.29 is 0 Å². The van der Waals surface area contributed by atoms with E-state index in [2.05, 4.69) is 61.0 Å². The van der Waals surface area contributed by atoms with Gasteiger partial charge in [-0.1, -0.05) is 30.3 Å². The van der Waals surface area contributed by atoms with Crippen molar-refractivity contribution in [3.63, 3.8) is 0 Å². The van der Waals surface area contributed by atoms with Gasteiger partial charge in [-0.05, 0) is 32.9 Å². The highest BCUT2D eigenvalue weighted by Crippen LogP contribution is 2.28. The van der Waals surface area contributed by atoms with Gasteiger partial charge < -0.3 is 5.73 Å². The summed E-state index contributed by atoms with van der Waals surface area (Å²) >= 11 is 0. The molecule has 0 amide bonds. The Balaban J connectivity index is 2.01. The topological polar surface area (TPSA) is 32.5 Å². The first-order valence-corrected chi connectivity index (χ1v) is 7.27. The molecule has 1 aliphatic heterocycles. The molecule has 2 N–H and O–H groups in total. The highest BCUT2D eigenvalue weighted by atomic mass is 15.3. The van der Waals surface area contributed by atoms with E-state index in [1.54, 1.807) is 0 Å². The molecule has 19 heavy (non-hydrogen) atoms. The lowest BCUT2D eigenvalue weighted by Crippen LogP contribution is -2.56. The predicted octanol–water partition coefficient (Wildman–Crippen LogP) is 1.93. The van der Waals surface area contributed by atoms with Crippen molar-refractivity contribution in [1.29, 1.82) is 0 Å². The second-order valence-corrected chi connectivity index (χ2v) is 6.08. The van der Waals surface area contributed by atoms with E-state index >= 15 is 0 Å². The average Bonchev–Trinajstić information content (AvgIpc) is 2.83. The molecule has 1 saturated heterocycles. The summed E-state index contributed by atoms with van der Waals surface area (Å²) in [7, 11) is 2.21. The van der Waals surface area contributed by atoms with E-state index in [1.807, 2.05) is 0 Å². The average molecular weight is 261 g/mol. The zero-order valence-electron chi connectivity index (χ0n) is 12.5. The zero-order chi connectivity index (χ0) is 13.9. The fraction of sp³-hybridized carbons (Fsp3) is 0.625. The van der Waals surface area contributed by atoms with Gasteiger partial charge in [0.2, 0.25) is 0 Å². The lowest BCUT2D eigenvalue weighted by atomic mass is 9.95. The van der Waals surface area contributed by atoms with Gasteiger partial charge in [-0.3, -0.25) is 9.80 Å². The number of likely N-dealkylation sites (tertiary alicyclic amines) is 1. The van der Waals surface area contributed by atoms with Crippen molar-refractivity contribution in [2.45, 2.75) is 38.4 Å². The third-order valence-corrected chi connectivity index (χ3v) is 4.56. The number of nitrogens with two attached hydrogens (primary N) is 1. The maximum absolute atomic E-state index is 6.09. The van der Waals surface area contributed by atoms with Gasteiger partial charge in [-0.25, -0.2) is 0 Å². The molecule has 1 atom stereocenters. The molecule has 1 aliphatic rings. The Bertz CT molecular complexity index is 390. The summed E-state index contributed by atoms with van der Waals surface area (Å²) in [5, 5.41) is 0. The number of hydrogen-bond acceptors (Lipinski definition) is 3. The summed E-state index contributed by atoms with van der Waals surface area (Å²) in [4.78, 5) is 4.99. The summed E-state index contributed by atoms with van der Waals surface area (Å²) in [6.45, 7) is 8.49. The zero-order valence-corrected chi connectivity index (χ0v) is 12.5. The fourth-order valence-electron chi connectivity index (χ4n) is 3.06. The van der Waals surface area contributed by atoms with Crippen LogP contribution in [0.2, 0.25) is 0 Å². The highest BCUT2D eigenvalue weighted by molar-refractivity contribution is 5.15. The second-order valence-electron chi connectivity index (χ2n) is 6.08. The molecule has 2 rings (SSSR count). The van der Waals surface area contributed by atoms with Crippen molar-refractivity contribution in [2.75, 3.05) is 26.7 Å². The second kappa shape index (κ2) is 6.04. The van der Waals surface area contributed by atoms with E-state index in [9.17, 15) is 0 Å². The number of rotatable bonds is 5. The van der Waals surface area contributed by atoms with Gasteiger partial charge >= 0.3 is 0 Å². The fourth-order valence-corrected chi connectivity index (χ4v) is 3.06. The monoisotopic (exact) mass is 261 g/mol. The molecule has 0 bridgehead atoms. The molecule has 1 aromatic rings. The van der Waals surface area contributed by atoms with E-state index in [1.165, 1.54) is 12.0 Å². The van der Waals surface area contributed by atoms with E-state index < -0.39 is 0 Å². The highest BCUT2D eigenvalue weighted by Gasteiger charge is 2.40. The predicted molar refractivity (Wildman–Crippen MR) is 81.0 cm³/mol. The van der Waals surface area contributed by atoms with E-state index in [4.69, 9.17) is 5.73 Å². The molecule has 3 nitrogen and oxygen atoms in total. The smallest absolute Gasteiger partial charge is 0.0470 e. The van der Waals surface area contributed by atoms with Gasteiger partial charge in [-0.15, -0.1) is 0 Å². The number of nitrogens with zero attached hydrogens (tertiary/aromatic N) is 2. The molecule has 0 spiro atoms. The minimum Gasteiger partial charge on any atom is -0.329 e. The molecule has 1 unspecified atom stereocenters. The minimum atomic E-state index is 0.156.